The molecule has 1 N–H and O–H groups in total. The smallest absolute Gasteiger partial charge is 0.0945 e. The normalized spacial score (nSPS) is 10.0. The van der Waals surface area contributed by atoms with Crippen LogP contribution in [0, 0.1) is 5.41 Å². The number of nitrogens with one attached hydrogen (secondary N) is 1. The maximum atomic E-state index is 7.94. The van der Waals surface area contributed by atoms with Gasteiger partial charge in [0.05, 0.1) is 5.04 Å². The predicted molar refractivity (Wildman–Crippen MR) is 71.0 cm³/mol. The molecule has 2 rings (SSSR count). The molecule has 0 saturated carbocycles. The summed E-state index contributed by atoms with van der Waals surface area (Å²) in [5.41, 5.74) is 2.25. The lowest BCUT2D eigenvalue weighted by molar-refractivity contribution is 1.42. The molecule has 0 aliphatic carbocycles. The zero-order valence-electron chi connectivity index (χ0n) is 8.89. The van der Waals surface area contributed by atoms with E-state index in [4.69, 9.17) is 5.41 Å². The first kappa shape index (κ1) is 11.0. The Labute approximate surface area is 100 Å². The molecular weight excluding hydrogens is 214 g/mol. The first-order valence-corrected chi connectivity index (χ1v) is 6.15. The second-order valence-electron chi connectivity index (χ2n) is 3.47. The monoisotopic (exact) mass is 227 g/mol. The highest BCUT2D eigenvalue weighted by Crippen LogP contribution is 2.17. The first-order valence-electron chi connectivity index (χ1n) is 5.17. The minimum atomic E-state index is 0.629. The molecule has 0 aromatic heterocycles. The van der Waals surface area contributed by atoms with Crippen molar-refractivity contribution in [1.82, 2.24) is 0 Å². The van der Waals surface area contributed by atoms with Crippen LogP contribution in [-0.4, -0.2) is 5.04 Å². The van der Waals surface area contributed by atoms with Gasteiger partial charge in [-0.2, -0.15) is 0 Å². The summed E-state index contributed by atoms with van der Waals surface area (Å²) in [5.74, 6) is 0.856. The molecule has 0 saturated heterocycles. The minimum Gasteiger partial charge on any atom is -0.293 e. The van der Waals surface area contributed by atoms with Crippen LogP contribution < -0.4 is 0 Å². The number of hydrogen-bond donors (Lipinski definition) is 1. The van der Waals surface area contributed by atoms with Crippen LogP contribution in [0.4, 0.5) is 0 Å². The Bertz CT molecular complexity index is 451. The second kappa shape index (κ2) is 5.52. The highest BCUT2D eigenvalue weighted by atomic mass is 32.2. The SMILES string of the molecule is N=C(SCc1ccccc1)c1ccccc1. The van der Waals surface area contributed by atoms with E-state index in [2.05, 4.69) is 12.1 Å². The number of thioether (sulfide) groups is 1. The molecule has 2 aromatic carbocycles. The van der Waals surface area contributed by atoms with Crippen LogP contribution >= 0.6 is 11.8 Å². The molecule has 2 aromatic rings. The van der Waals surface area contributed by atoms with Crippen LogP contribution in [0.25, 0.3) is 0 Å². The van der Waals surface area contributed by atoms with Gasteiger partial charge in [0, 0.05) is 11.3 Å². The van der Waals surface area contributed by atoms with Crippen LogP contribution in [0.5, 0.6) is 0 Å². The third kappa shape index (κ3) is 2.97. The van der Waals surface area contributed by atoms with Crippen molar-refractivity contribution in [3.05, 3.63) is 71.8 Å². The highest BCUT2D eigenvalue weighted by molar-refractivity contribution is 8.13. The van der Waals surface area contributed by atoms with Crippen LogP contribution in [0.3, 0.4) is 0 Å². The number of rotatable bonds is 3. The van der Waals surface area contributed by atoms with Crippen molar-refractivity contribution in [2.45, 2.75) is 5.75 Å². The fourth-order valence-corrected chi connectivity index (χ4v) is 2.21. The van der Waals surface area contributed by atoms with Gasteiger partial charge < -0.3 is 0 Å². The van der Waals surface area contributed by atoms with E-state index >= 15 is 0 Å². The van der Waals surface area contributed by atoms with Gasteiger partial charge in [-0.25, -0.2) is 0 Å². The summed E-state index contributed by atoms with van der Waals surface area (Å²) in [6, 6.07) is 20.1. The van der Waals surface area contributed by atoms with Crippen molar-refractivity contribution in [3.8, 4) is 0 Å². The van der Waals surface area contributed by atoms with Crippen molar-refractivity contribution in [1.29, 1.82) is 5.41 Å². The molecule has 0 heterocycles. The van der Waals surface area contributed by atoms with Crippen molar-refractivity contribution < 1.29 is 0 Å². The van der Waals surface area contributed by atoms with Crippen molar-refractivity contribution >= 4 is 16.8 Å². The van der Waals surface area contributed by atoms with E-state index in [9.17, 15) is 0 Å². The lowest BCUT2D eigenvalue weighted by atomic mass is 10.2. The molecule has 0 unspecified atom stereocenters. The third-order valence-corrected chi connectivity index (χ3v) is 3.26. The predicted octanol–water partition coefficient (Wildman–Crippen LogP) is 3.95. The summed E-state index contributed by atoms with van der Waals surface area (Å²) in [7, 11) is 0. The van der Waals surface area contributed by atoms with Gasteiger partial charge >= 0.3 is 0 Å². The van der Waals surface area contributed by atoms with Crippen molar-refractivity contribution in [2.24, 2.45) is 0 Å². The van der Waals surface area contributed by atoms with Gasteiger partial charge in [0.25, 0.3) is 0 Å². The molecule has 0 amide bonds. The van der Waals surface area contributed by atoms with Crippen LogP contribution in [0.15, 0.2) is 60.7 Å². The van der Waals surface area contributed by atoms with E-state index in [1.807, 2.05) is 48.5 Å². The van der Waals surface area contributed by atoms with Gasteiger partial charge in [-0.05, 0) is 5.56 Å². The van der Waals surface area contributed by atoms with Crippen molar-refractivity contribution in [3.63, 3.8) is 0 Å². The third-order valence-electron chi connectivity index (χ3n) is 2.26. The highest BCUT2D eigenvalue weighted by Gasteiger charge is 2.01. The minimum absolute atomic E-state index is 0.629. The number of hydrogen-bond acceptors (Lipinski definition) is 2. The zero-order valence-corrected chi connectivity index (χ0v) is 9.71. The molecule has 0 fully saturated rings. The summed E-state index contributed by atoms with van der Waals surface area (Å²) in [6.07, 6.45) is 0. The molecule has 1 nitrogen and oxygen atoms in total. The Kier molecular flexibility index (Phi) is 3.78. The van der Waals surface area contributed by atoms with Crippen LogP contribution in [0.1, 0.15) is 11.1 Å². The van der Waals surface area contributed by atoms with Crippen LogP contribution in [0.2, 0.25) is 0 Å². The van der Waals surface area contributed by atoms with E-state index in [1.54, 1.807) is 11.8 Å². The van der Waals surface area contributed by atoms with E-state index in [1.165, 1.54) is 5.56 Å². The van der Waals surface area contributed by atoms with Gasteiger partial charge in [0.15, 0.2) is 0 Å². The Morgan fingerprint density at radius 3 is 2.06 bits per heavy atom. The zero-order chi connectivity index (χ0) is 11.2. The molecule has 16 heavy (non-hydrogen) atoms. The molecule has 80 valence electrons. The fourth-order valence-electron chi connectivity index (χ4n) is 1.40. The van der Waals surface area contributed by atoms with E-state index in [0.717, 1.165) is 11.3 Å². The Hall–Kier alpha value is -1.54. The van der Waals surface area contributed by atoms with Gasteiger partial charge in [-0.15, -0.1) is 11.8 Å². The first-order chi connectivity index (χ1) is 7.86. The summed E-state index contributed by atoms with van der Waals surface area (Å²) in [4.78, 5) is 0. The largest absolute Gasteiger partial charge is 0.293 e. The average molecular weight is 227 g/mol. The average Bonchev–Trinajstić information content (AvgIpc) is 2.38. The van der Waals surface area contributed by atoms with Gasteiger partial charge in [0.1, 0.15) is 0 Å². The lowest BCUT2D eigenvalue weighted by Gasteiger charge is -2.03. The van der Waals surface area contributed by atoms with Crippen LogP contribution in [-0.2, 0) is 5.75 Å². The second-order valence-corrected chi connectivity index (χ2v) is 4.46. The van der Waals surface area contributed by atoms with Gasteiger partial charge in [-0.3, -0.25) is 5.41 Å². The number of benzene rings is 2. The molecule has 0 bridgehead atoms. The molecule has 0 spiro atoms. The summed E-state index contributed by atoms with van der Waals surface area (Å²) < 4.78 is 0. The maximum Gasteiger partial charge on any atom is 0.0945 e. The molecule has 2 heteroatoms. The molecular formula is C14H13NS. The summed E-state index contributed by atoms with van der Waals surface area (Å²) in [6.45, 7) is 0. The Morgan fingerprint density at radius 2 is 1.44 bits per heavy atom. The Morgan fingerprint density at radius 1 is 0.875 bits per heavy atom. The summed E-state index contributed by atoms with van der Waals surface area (Å²) >= 11 is 1.57. The quantitative estimate of drug-likeness (QED) is 0.623. The topological polar surface area (TPSA) is 23.9 Å². The fraction of sp³-hybridized carbons (Fsp3) is 0.0714. The Balaban J connectivity index is 1.95. The molecule has 0 aliphatic rings. The molecule has 0 radical (unpaired) electrons. The van der Waals surface area contributed by atoms with Gasteiger partial charge in [-0.1, -0.05) is 60.7 Å². The maximum absolute atomic E-state index is 7.94. The van der Waals surface area contributed by atoms with E-state index in [0.29, 0.717) is 5.04 Å². The lowest BCUT2D eigenvalue weighted by Crippen LogP contribution is -1.93. The molecule has 0 aliphatic heterocycles. The molecule has 0 atom stereocenters. The van der Waals surface area contributed by atoms with E-state index in [-0.39, 0.29) is 0 Å². The van der Waals surface area contributed by atoms with E-state index < -0.39 is 0 Å². The summed E-state index contributed by atoms with van der Waals surface area (Å²) in [5, 5.41) is 8.57. The van der Waals surface area contributed by atoms with Crippen molar-refractivity contribution in [2.75, 3.05) is 0 Å². The standard InChI is InChI=1S/C14H13NS/c15-14(13-9-5-2-6-10-13)16-11-12-7-3-1-4-8-12/h1-10,15H,11H2. The van der Waals surface area contributed by atoms with Gasteiger partial charge in [0.2, 0.25) is 0 Å².